The minimum Gasteiger partial charge on any atom is -0.495 e. The maximum absolute atomic E-state index is 5.52. The van der Waals surface area contributed by atoms with Crippen molar-refractivity contribution in [1.29, 1.82) is 0 Å². The molecule has 0 spiro atoms. The van der Waals surface area contributed by atoms with Crippen LogP contribution in [-0.4, -0.2) is 69.8 Å². The molecule has 0 aliphatic carbocycles. The van der Waals surface area contributed by atoms with Crippen LogP contribution in [0.3, 0.4) is 0 Å². The third-order valence-corrected chi connectivity index (χ3v) is 5.62. The fourth-order valence-corrected chi connectivity index (χ4v) is 4.07. The van der Waals surface area contributed by atoms with E-state index in [1.54, 1.807) is 7.11 Å². The van der Waals surface area contributed by atoms with Gasteiger partial charge in [-0.25, -0.2) is 0 Å². The number of rotatable bonds is 7. The molecule has 3 rings (SSSR count). The molecule has 2 fully saturated rings. The van der Waals surface area contributed by atoms with Crippen molar-refractivity contribution >= 4 is 35.6 Å². The number of benzene rings is 1. The van der Waals surface area contributed by atoms with Gasteiger partial charge in [0.1, 0.15) is 5.75 Å². The summed E-state index contributed by atoms with van der Waals surface area (Å²) >= 11 is 0. The summed E-state index contributed by atoms with van der Waals surface area (Å²) in [6.07, 6.45) is 2.37. The first-order chi connectivity index (χ1) is 13.2. The summed E-state index contributed by atoms with van der Waals surface area (Å²) in [4.78, 5) is 9.80. The highest BCUT2D eigenvalue weighted by atomic mass is 127. The predicted molar refractivity (Wildman–Crippen MR) is 128 cm³/mol. The Balaban J connectivity index is 0.00000280. The highest BCUT2D eigenvalue weighted by Gasteiger charge is 2.26. The van der Waals surface area contributed by atoms with Crippen molar-refractivity contribution in [3.05, 3.63) is 24.3 Å². The molecule has 0 radical (unpaired) electrons. The molecular formula is C21H36IN5O. The van der Waals surface area contributed by atoms with E-state index in [0.29, 0.717) is 12.0 Å². The number of aliphatic imine (C=N–C) groups is 1. The van der Waals surface area contributed by atoms with Crippen LogP contribution in [0.5, 0.6) is 5.75 Å². The van der Waals surface area contributed by atoms with Crippen molar-refractivity contribution in [1.82, 2.24) is 15.5 Å². The molecule has 2 aliphatic rings. The van der Waals surface area contributed by atoms with Gasteiger partial charge in [-0.1, -0.05) is 19.1 Å². The van der Waals surface area contributed by atoms with E-state index in [2.05, 4.69) is 46.4 Å². The second kappa shape index (κ2) is 11.7. The summed E-state index contributed by atoms with van der Waals surface area (Å²) in [6, 6.07) is 8.67. The Morgan fingerprint density at radius 1 is 1.18 bits per heavy atom. The summed E-state index contributed by atoms with van der Waals surface area (Å²) < 4.78 is 5.52. The Morgan fingerprint density at radius 2 is 2.00 bits per heavy atom. The molecule has 2 saturated heterocycles. The van der Waals surface area contributed by atoms with Gasteiger partial charge in [0.15, 0.2) is 5.96 Å². The van der Waals surface area contributed by atoms with Gasteiger partial charge >= 0.3 is 0 Å². The first-order valence-electron chi connectivity index (χ1n) is 10.4. The number of halogens is 1. The molecule has 1 aromatic carbocycles. The molecule has 28 heavy (non-hydrogen) atoms. The van der Waals surface area contributed by atoms with Crippen molar-refractivity contribution in [3.63, 3.8) is 0 Å². The second-order valence-corrected chi connectivity index (χ2v) is 7.52. The van der Waals surface area contributed by atoms with E-state index in [9.17, 15) is 0 Å². The molecule has 2 N–H and O–H groups in total. The zero-order valence-corrected chi connectivity index (χ0v) is 19.8. The monoisotopic (exact) mass is 501 g/mol. The van der Waals surface area contributed by atoms with E-state index in [1.807, 2.05) is 12.1 Å². The third-order valence-electron chi connectivity index (χ3n) is 5.62. The van der Waals surface area contributed by atoms with E-state index < -0.39 is 0 Å². The number of nitrogens with zero attached hydrogens (tertiary/aromatic N) is 3. The zero-order valence-electron chi connectivity index (χ0n) is 17.5. The van der Waals surface area contributed by atoms with Gasteiger partial charge in [-0.05, 0) is 50.9 Å². The quantitative estimate of drug-likeness (QED) is 0.342. The summed E-state index contributed by atoms with van der Waals surface area (Å²) in [5.74, 6) is 2.59. The fourth-order valence-electron chi connectivity index (χ4n) is 4.07. The average molecular weight is 501 g/mol. The number of hydrogen-bond acceptors (Lipinski definition) is 4. The number of hydrogen-bond donors (Lipinski definition) is 2. The predicted octanol–water partition coefficient (Wildman–Crippen LogP) is 2.79. The lowest BCUT2D eigenvalue weighted by Gasteiger charge is -2.22. The number of likely N-dealkylation sites (tertiary alicyclic amines) is 1. The summed E-state index contributed by atoms with van der Waals surface area (Å²) in [5.41, 5.74) is 1.18. The SMILES string of the molecule is CCNC(=NCC1CCN(CC)C1)NC1CCN(c2ccccc2OC)C1.I. The molecule has 2 unspecified atom stereocenters. The average Bonchev–Trinajstić information content (AvgIpc) is 3.35. The summed E-state index contributed by atoms with van der Waals surface area (Å²) in [5, 5.41) is 7.06. The molecule has 7 heteroatoms. The van der Waals surface area contributed by atoms with Crippen LogP contribution in [0.25, 0.3) is 0 Å². The number of nitrogens with one attached hydrogen (secondary N) is 2. The van der Waals surface area contributed by atoms with Crippen LogP contribution in [0.15, 0.2) is 29.3 Å². The molecule has 1 aromatic rings. The van der Waals surface area contributed by atoms with Crippen LogP contribution in [0.2, 0.25) is 0 Å². The van der Waals surface area contributed by atoms with E-state index in [0.717, 1.165) is 50.9 Å². The lowest BCUT2D eigenvalue weighted by Crippen LogP contribution is -2.45. The van der Waals surface area contributed by atoms with E-state index >= 15 is 0 Å². The number of methoxy groups -OCH3 is 1. The largest absolute Gasteiger partial charge is 0.495 e. The lowest BCUT2D eigenvalue weighted by atomic mass is 10.1. The van der Waals surface area contributed by atoms with Gasteiger partial charge in [-0.3, -0.25) is 4.99 Å². The highest BCUT2D eigenvalue weighted by molar-refractivity contribution is 14.0. The third kappa shape index (κ3) is 6.14. The van der Waals surface area contributed by atoms with E-state index in [4.69, 9.17) is 9.73 Å². The number of para-hydroxylation sites is 2. The van der Waals surface area contributed by atoms with Crippen molar-refractivity contribution in [2.45, 2.75) is 32.7 Å². The molecule has 0 amide bonds. The first-order valence-corrected chi connectivity index (χ1v) is 10.4. The molecule has 2 atom stereocenters. The molecular weight excluding hydrogens is 465 g/mol. The first kappa shape index (κ1) is 23.1. The Kier molecular flexibility index (Phi) is 9.64. The number of anilines is 1. The normalized spacial score (nSPS) is 22.8. The van der Waals surface area contributed by atoms with Crippen molar-refractivity contribution in [3.8, 4) is 5.75 Å². The molecule has 6 nitrogen and oxygen atoms in total. The second-order valence-electron chi connectivity index (χ2n) is 7.52. The van der Waals surface area contributed by atoms with Crippen LogP contribution in [0.1, 0.15) is 26.7 Å². The van der Waals surface area contributed by atoms with Crippen LogP contribution in [0, 0.1) is 5.92 Å². The van der Waals surface area contributed by atoms with Gasteiger partial charge in [-0.2, -0.15) is 0 Å². The van der Waals surface area contributed by atoms with Crippen LogP contribution in [-0.2, 0) is 0 Å². The van der Waals surface area contributed by atoms with Gasteiger partial charge in [0.2, 0.25) is 0 Å². The molecule has 158 valence electrons. The van der Waals surface area contributed by atoms with Crippen molar-refractivity contribution < 1.29 is 4.74 Å². The van der Waals surface area contributed by atoms with Crippen LogP contribution in [0.4, 0.5) is 5.69 Å². The maximum atomic E-state index is 5.52. The lowest BCUT2D eigenvalue weighted by molar-refractivity contribution is 0.343. The zero-order chi connectivity index (χ0) is 19.1. The van der Waals surface area contributed by atoms with Gasteiger partial charge in [0.05, 0.1) is 12.8 Å². The van der Waals surface area contributed by atoms with Crippen molar-refractivity contribution in [2.24, 2.45) is 10.9 Å². The molecule has 2 heterocycles. The van der Waals surface area contributed by atoms with Crippen molar-refractivity contribution in [2.75, 3.05) is 57.8 Å². The Labute approximate surface area is 187 Å². The topological polar surface area (TPSA) is 52.1 Å². The number of guanidine groups is 1. The standard InChI is InChI=1S/C21H35N5O.HI/c1-4-22-21(23-14-17-10-12-25(5-2)15-17)24-18-11-13-26(16-18)19-8-6-7-9-20(19)27-3;/h6-9,17-18H,4-5,10-16H2,1-3H3,(H2,22,23,24);1H. The smallest absolute Gasteiger partial charge is 0.191 e. The van der Waals surface area contributed by atoms with Gasteiger partial charge in [-0.15, -0.1) is 24.0 Å². The number of ether oxygens (including phenoxy) is 1. The van der Waals surface area contributed by atoms with Gasteiger partial charge < -0.3 is 25.2 Å². The minimum absolute atomic E-state index is 0. The highest BCUT2D eigenvalue weighted by Crippen LogP contribution is 2.30. The van der Waals surface area contributed by atoms with Gasteiger partial charge in [0.25, 0.3) is 0 Å². The maximum Gasteiger partial charge on any atom is 0.191 e. The Morgan fingerprint density at radius 3 is 2.71 bits per heavy atom. The molecule has 0 saturated carbocycles. The Bertz CT molecular complexity index is 627. The van der Waals surface area contributed by atoms with Crippen LogP contribution >= 0.6 is 24.0 Å². The summed E-state index contributed by atoms with van der Waals surface area (Å²) in [6.45, 7) is 11.7. The van der Waals surface area contributed by atoms with Gasteiger partial charge in [0, 0.05) is 38.8 Å². The van der Waals surface area contributed by atoms with E-state index in [1.165, 1.54) is 25.2 Å². The summed E-state index contributed by atoms with van der Waals surface area (Å²) in [7, 11) is 1.74. The molecule has 0 bridgehead atoms. The fraction of sp³-hybridized carbons (Fsp3) is 0.667. The molecule has 2 aliphatic heterocycles. The van der Waals surface area contributed by atoms with E-state index in [-0.39, 0.29) is 24.0 Å². The Hall–Kier alpha value is -1.22. The van der Waals surface area contributed by atoms with Crippen LogP contribution < -0.4 is 20.3 Å². The minimum atomic E-state index is 0. The molecule has 0 aromatic heterocycles.